The molecule has 0 aromatic carbocycles. The van der Waals surface area contributed by atoms with E-state index in [0.29, 0.717) is 0 Å². The zero-order valence-electron chi connectivity index (χ0n) is 8.06. The lowest BCUT2D eigenvalue weighted by molar-refractivity contribution is -0.606. The molecule has 0 fully saturated rings. The number of pyridine rings is 1. The van der Waals surface area contributed by atoms with Crippen molar-refractivity contribution in [3.63, 3.8) is 0 Å². The zero-order chi connectivity index (χ0) is 9.68. The first-order valence-electron chi connectivity index (χ1n) is 4.49. The third-order valence-electron chi connectivity index (χ3n) is 2.01. The highest BCUT2D eigenvalue weighted by Crippen LogP contribution is 2.19. The smallest absolute Gasteiger partial charge is 0.186 e. The van der Waals surface area contributed by atoms with Gasteiger partial charge in [-0.2, -0.15) is 4.73 Å². The van der Waals surface area contributed by atoms with Gasteiger partial charge in [0.15, 0.2) is 12.4 Å². The lowest BCUT2D eigenvalue weighted by Crippen LogP contribution is -2.25. The molecule has 0 spiro atoms. The molecule has 3 heteroatoms. The Morgan fingerprint density at radius 2 is 2.38 bits per heavy atom. The SMILES string of the molecule is CCCC(OC)c1ccc[n+]([O-])c1. The molecule has 0 aliphatic heterocycles. The second-order valence-electron chi connectivity index (χ2n) is 3.01. The fourth-order valence-corrected chi connectivity index (χ4v) is 1.35. The van der Waals surface area contributed by atoms with Crippen LogP contribution in [0.1, 0.15) is 31.4 Å². The zero-order valence-corrected chi connectivity index (χ0v) is 8.06. The Bertz CT molecular complexity index is 263. The first-order chi connectivity index (χ1) is 6.27. The molecule has 1 rings (SSSR count). The van der Waals surface area contributed by atoms with Gasteiger partial charge in [0.05, 0.1) is 6.10 Å². The molecule has 13 heavy (non-hydrogen) atoms. The fourth-order valence-electron chi connectivity index (χ4n) is 1.35. The molecule has 1 aromatic heterocycles. The molecule has 0 N–H and O–H groups in total. The number of nitrogens with zero attached hydrogens (tertiary/aromatic N) is 1. The van der Waals surface area contributed by atoms with Crippen molar-refractivity contribution >= 4 is 0 Å². The summed E-state index contributed by atoms with van der Waals surface area (Å²) in [6.07, 6.45) is 5.07. The average molecular weight is 181 g/mol. The van der Waals surface area contributed by atoms with Crippen LogP contribution in [0.4, 0.5) is 0 Å². The quantitative estimate of drug-likeness (QED) is 0.524. The van der Waals surface area contributed by atoms with Crippen molar-refractivity contribution in [2.24, 2.45) is 0 Å². The van der Waals surface area contributed by atoms with Crippen LogP contribution in [-0.4, -0.2) is 7.11 Å². The minimum absolute atomic E-state index is 0.0476. The van der Waals surface area contributed by atoms with Gasteiger partial charge in [-0.05, 0) is 12.5 Å². The van der Waals surface area contributed by atoms with Crippen molar-refractivity contribution in [1.29, 1.82) is 0 Å². The molecule has 1 atom stereocenters. The Morgan fingerprint density at radius 3 is 2.92 bits per heavy atom. The molecular formula is C10H15NO2. The van der Waals surface area contributed by atoms with Gasteiger partial charge in [0.1, 0.15) is 0 Å². The van der Waals surface area contributed by atoms with Gasteiger partial charge in [-0.1, -0.05) is 13.3 Å². The summed E-state index contributed by atoms with van der Waals surface area (Å²) < 4.78 is 6.08. The van der Waals surface area contributed by atoms with Gasteiger partial charge in [-0.25, -0.2) is 0 Å². The van der Waals surface area contributed by atoms with Gasteiger partial charge in [0.2, 0.25) is 0 Å². The highest BCUT2D eigenvalue weighted by atomic mass is 16.5. The van der Waals surface area contributed by atoms with Crippen LogP contribution >= 0.6 is 0 Å². The first-order valence-corrected chi connectivity index (χ1v) is 4.49. The molecule has 3 nitrogen and oxygen atoms in total. The van der Waals surface area contributed by atoms with Crippen LogP contribution in [-0.2, 0) is 4.74 Å². The summed E-state index contributed by atoms with van der Waals surface area (Å²) in [7, 11) is 1.67. The number of rotatable bonds is 4. The predicted octanol–water partition coefficient (Wildman–Crippen LogP) is 1.81. The van der Waals surface area contributed by atoms with Crippen molar-refractivity contribution in [2.45, 2.75) is 25.9 Å². The van der Waals surface area contributed by atoms with E-state index < -0.39 is 0 Å². The van der Waals surface area contributed by atoms with E-state index in [1.165, 1.54) is 6.20 Å². The molecule has 1 aromatic rings. The van der Waals surface area contributed by atoms with Crippen LogP contribution in [0.5, 0.6) is 0 Å². The Hall–Kier alpha value is -1.09. The minimum atomic E-state index is 0.0476. The second-order valence-corrected chi connectivity index (χ2v) is 3.01. The van der Waals surface area contributed by atoms with E-state index in [4.69, 9.17) is 4.74 Å². The van der Waals surface area contributed by atoms with Gasteiger partial charge >= 0.3 is 0 Å². The summed E-state index contributed by atoms with van der Waals surface area (Å²) in [6, 6.07) is 3.66. The summed E-state index contributed by atoms with van der Waals surface area (Å²) in [6.45, 7) is 2.10. The normalized spacial score (nSPS) is 12.8. The van der Waals surface area contributed by atoms with Crippen LogP contribution in [0.15, 0.2) is 24.5 Å². The van der Waals surface area contributed by atoms with Crippen LogP contribution in [0.2, 0.25) is 0 Å². The maximum atomic E-state index is 11.0. The molecule has 0 aliphatic carbocycles. The number of hydrogen-bond donors (Lipinski definition) is 0. The maximum Gasteiger partial charge on any atom is 0.186 e. The van der Waals surface area contributed by atoms with Crippen LogP contribution < -0.4 is 4.73 Å². The molecule has 72 valence electrons. The molecule has 0 aliphatic rings. The Morgan fingerprint density at radius 1 is 1.62 bits per heavy atom. The van der Waals surface area contributed by atoms with Crippen LogP contribution in [0, 0.1) is 5.21 Å². The lowest BCUT2D eigenvalue weighted by atomic mass is 10.1. The lowest BCUT2D eigenvalue weighted by Gasteiger charge is -2.13. The molecule has 0 amide bonds. The summed E-state index contributed by atoms with van der Waals surface area (Å²) >= 11 is 0. The van der Waals surface area contributed by atoms with Crippen molar-refractivity contribution < 1.29 is 9.47 Å². The Balaban J connectivity index is 2.78. The highest BCUT2D eigenvalue weighted by molar-refractivity contribution is 5.09. The number of aromatic nitrogens is 1. The maximum absolute atomic E-state index is 11.0. The van der Waals surface area contributed by atoms with Gasteiger partial charge in [-0.15, -0.1) is 0 Å². The first kappa shape index (κ1) is 9.99. The minimum Gasteiger partial charge on any atom is -0.619 e. The molecule has 0 radical (unpaired) electrons. The van der Waals surface area contributed by atoms with Crippen molar-refractivity contribution in [1.82, 2.24) is 0 Å². The fraction of sp³-hybridized carbons (Fsp3) is 0.500. The monoisotopic (exact) mass is 181 g/mol. The Kier molecular flexibility index (Phi) is 3.71. The summed E-state index contributed by atoms with van der Waals surface area (Å²) in [5, 5.41) is 11.0. The summed E-state index contributed by atoms with van der Waals surface area (Å²) in [5.74, 6) is 0. The van der Waals surface area contributed by atoms with E-state index in [-0.39, 0.29) is 6.10 Å². The van der Waals surface area contributed by atoms with E-state index in [1.807, 2.05) is 6.07 Å². The predicted molar refractivity (Wildman–Crippen MR) is 50.1 cm³/mol. The van der Waals surface area contributed by atoms with Gasteiger partial charge in [-0.3, -0.25) is 0 Å². The van der Waals surface area contributed by atoms with Gasteiger partial charge in [0, 0.05) is 18.7 Å². The largest absolute Gasteiger partial charge is 0.619 e. The second kappa shape index (κ2) is 4.82. The van der Waals surface area contributed by atoms with Crippen molar-refractivity contribution in [3.05, 3.63) is 35.3 Å². The van der Waals surface area contributed by atoms with E-state index in [2.05, 4.69) is 6.92 Å². The number of ether oxygens (including phenoxy) is 1. The standard InChI is InChI=1S/C10H15NO2/c1-3-5-10(13-2)9-6-4-7-11(12)8-9/h4,6-8,10H,3,5H2,1-2H3. The topological polar surface area (TPSA) is 36.2 Å². The van der Waals surface area contributed by atoms with E-state index in [0.717, 1.165) is 23.1 Å². The number of hydrogen-bond acceptors (Lipinski definition) is 2. The van der Waals surface area contributed by atoms with Gasteiger partial charge in [0.25, 0.3) is 0 Å². The molecule has 0 saturated heterocycles. The molecule has 0 bridgehead atoms. The van der Waals surface area contributed by atoms with Crippen LogP contribution in [0.25, 0.3) is 0 Å². The molecule has 1 heterocycles. The number of methoxy groups -OCH3 is 1. The van der Waals surface area contributed by atoms with E-state index in [9.17, 15) is 5.21 Å². The van der Waals surface area contributed by atoms with E-state index in [1.54, 1.807) is 19.4 Å². The Labute approximate surface area is 78.5 Å². The third-order valence-corrected chi connectivity index (χ3v) is 2.01. The molecule has 0 saturated carbocycles. The van der Waals surface area contributed by atoms with Crippen molar-refractivity contribution in [2.75, 3.05) is 7.11 Å². The van der Waals surface area contributed by atoms with Crippen LogP contribution in [0.3, 0.4) is 0 Å². The average Bonchev–Trinajstić information content (AvgIpc) is 2.14. The third kappa shape index (κ3) is 2.70. The summed E-state index contributed by atoms with van der Waals surface area (Å²) in [5.41, 5.74) is 0.946. The summed E-state index contributed by atoms with van der Waals surface area (Å²) in [4.78, 5) is 0. The van der Waals surface area contributed by atoms with Crippen molar-refractivity contribution in [3.8, 4) is 0 Å². The van der Waals surface area contributed by atoms with E-state index >= 15 is 0 Å². The molecular weight excluding hydrogens is 166 g/mol. The highest BCUT2D eigenvalue weighted by Gasteiger charge is 2.11. The van der Waals surface area contributed by atoms with Gasteiger partial charge < -0.3 is 9.94 Å². The molecule has 1 unspecified atom stereocenters.